The Kier molecular flexibility index (Phi) is 4.76. The third-order valence-corrected chi connectivity index (χ3v) is 3.55. The molecule has 0 saturated carbocycles. The van der Waals surface area contributed by atoms with E-state index in [0.717, 1.165) is 12.6 Å². The van der Waals surface area contributed by atoms with Gasteiger partial charge in [-0.25, -0.2) is 4.98 Å². The van der Waals surface area contributed by atoms with Crippen molar-refractivity contribution >= 4 is 16.5 Å². The molecule has 17 heavy (non-hydrogen) atoms. The number of hydrogen-bond acceptors (Lipinski definition) is 4. The predicted octanol–water partition coefficient (Wildman–Crippen LogP) is 2.98. The summed E-state index contributed by atoms with van der Waals surface area (Å²) >= 11 is 0.543. The number of hydrogen-bond donors (Lipinski definition) is 2. The van der Waals surface area contributed by atoms with Gasteiger partial charge >= 0.3 is 6.18 Å². The number of halogens is 3. The number of thiazole rings is 1. The topological polar surface area (TPSA) is 45.1 Å². The van der Waals surface area contributed by atoms with Crippen molar-refractivity contribution in [1.29, 1.82) is 0 Å². The molecule has 0 spiro atoms. The average Bonchev–Trinajstić information content (AvgIpc) is 2.72. The van der Waals surface area contributed by atoms with Crippen LogP contribution in [0.5, 0.6) is 0 Å². The second-order valence-corrected chi connectivity index (χ2v) is 4.89. The van der Waals surface area contributed by atoms with Gasteiger partial charge in [0.1, 0.15) is 4.88 Å². The standard InChI is InChI=1S/C10H15F3N2OS/c1-3-6(2)7(16)4-14-9-15-5-8(17-9)10(11,12)13/h5-7,16H,3-4H2,1-2H3,(H,14,15). The summed E-state index contributed by atoms with van der Waals surface area (Å²) in [6.45, 7) is 4.04. The second-order valence-electron chi connectivity index (χ2n) is 3.86. The molecule has 0 aromatic carbocycles. The molecule has 0 aliphatic carbocycles. The van der Waals surface area contributed by atoms with E-state index in [1.54, 1.807) is 0 Å². The van der Waals surface area contributed by atoms with Crippen molar-refractivity contribution < 1.29 is 18.3 Å². The lowest BCUT2D eigenvalue weighted by Crippen LogP contribution is -2.26. The minimum Gasteiger partial charge on any atom is -0.391 e. The van der Waals surface area contributed by atoms with Gasteiger partial charge in [0.05, 0.1) is 12.3 Å². The lowest BCUT2D eigenvalue weighted by Gasteiger charge is -2.16. The summed E-state index contributed by atoms with van der Waals surface area (Å²) in [4.78, 5) is 2.88. The fourth-order valence-electron chi connectivity index (χ4n) is 1.15. The van der Waals surface area contributed by atoms with Gasteiger partial charge in [-0.2, -0.15) is 13.2 Å². The first-order valence-corrected chi connectivity index (χ1v) is 6.11. The molecular weight excluding hydrogens is 253 g/mol. The largest absolute Gasteiger partial charge is 0.427 e. The van der Waals surface area contributed by atoms with Crippen LogP contribution < -0.4 is 5.32 Å². The number of alkyl halides is 3. The molecule has 7 heteroatoms. The van der Waals surface area contributed by atoms with Crippen molar-refractivity contribution in [3.05, 3.63) is 11.1 Å². The first-order chi connectivity index (χ1) is 7.84. The van der Waals surface area contributed by atoms with Gasteiger partial charge < -0.3 is 10.4 Å². The Morgan fingerprint density at radius 3 is 2.65 bits per heavy atom. The summed E-state index contributed by atoms with van der Waals surface area (Å²) in [7, 11) is 0. The Morgan fingerprint density at radius 2 is 2.18 bits per heavy atom. The zero-order chi connectivity index (χ0) is 13.1. The molecule has 1 heterocycles. The van der Waals surface area contributed by atoms with Crippen LogP contribution in [0.1, 0.15) is 25.1 Å². The second kappa shape index (κ2) is 5.68. The average molecular weight is 268 g/mol. The maximum absolute atomic E-state index is 12.3. The molecule has 0 aliphatic heterocycles. The lowest BCUT2D eigenvalue weighted by molar-refractivity contribution is -0.134. The van der Waals surface area contributed by atoms with E-state index in [0.29, 0.717) is 11.3 Å². The minimum atomic E-state index is -4.35. The van der Waals surface area contributed by atoms with Gasteiger partial charge in [0.15, 0.2) is 5.13 Å². The Hall–Kier alpha value is -0.820. The van der Waals surface area contributed by atoms with E-state index in [2.05, 4.69) is 10.3 Å². The van der Waals surface area contributed by atoms with Crippen LogP contribution in [0.25, 0.3) is 0 Å². The van der Waals surface area contributed by atoms with E-state index in [9.17, 15) is 18.3 Å². The maximum atomic E-state index is 12.3. The van der Waals surface area contributed by atoms with Crippen LogP contribution in [0.15, 0.2) is 6.20 Å². The van der Waals surface area contributed by atoms with Crippen LogP contribution in [0.4, 0.5) is 18.3 Å². The Morgan fingerprint density at radius 1 is 1.53 bits per heavy atom. The van der Waals surface area contributed by atoms with Crippen molar-refractivity contribution in [2.24, 2.45) is 5.92 Å². The number of nitrogens with zero attached hydrogens (tertiary/aromatic N) is 1. The SMILES string of the molecule is CCC(C)C(O)CNc1ncc(C(F)(F)F)s1. The first kappa shape index (κ1) is 14.2. The number of rotatable bonds is 5. The van der Waals surface area contributed by atoms with Crippen molar-refractivity contribution in [2.45, 2.75) is 32.5 Å². The zero-order valence-corrected chi connectivity index (χ0v) is 10.4. The van der Waals surface area contributed by atoms with Gasteiger partial charge in [-0.1, -0.05) is 31.6 Å². The highest BCUT2D eigenvalue weighted by Crippen LogP contribution is 2.34. The molecule has 0 bridgehead atoms. The summed E-state index contributed by atoms with van der Waals surface area (Å²) in [5, 5.41) is 12.5. The van der Waals surface area contributed by atoms with Crippen LogP contribution in [0, 0.1) is 5.92 Å². The third kappa shape index (κ3) is 4.16. The van der Waals surface area contributed by atoms with Gasteiger partial charge in [0.2, 0.25) is 0 Å². The van der Waals surface area contributed by atoms with Gasteiger partial charge in [-0.05, 0) is 5.92 Å². The summed E-state index contributed by atoms with van der Waals surface area (Å²) in [6, 6.07) is 0. The lowest BCUT2D eigenvalue weighted by atomic mass is 10.0. The first-order valence-electron chi connectivity index (χ1n) is 5.29. The molecule has 0 amide bonds. The molecular formula is C10H15F3N2OS. The zero-order valence-electron chi connectivity index (χ0n) is 9.58. The molecule has 0 aliphatic rings. The number of anilines is 1. The molecule has 0 saturated heterocycles. The number of aliphatic hydroxyl groups excluding tert-OH is 1. The van der Waals surface area contributed by atoms with Gasteiger partial charge in [0, 0.05) is 6.54 Å². The van der Waals surface area contributed by atoms with Crippen LogP contribution in [0.3, 0.4) is 0 Å². The fraction of sp³-hybridized carbons (Fsp3) is 0.700. The molecule has 3 nitrogen and oxygen atoms in total. The van der Waals surface area contributed by atoms with Crippen LogP contribution in [-0.4, -0.2) is 22.7 Å². The van der Waals surface area contributed by atoms with Crippen molar-refractivity contribution in [2.75, 3.05) is 11.9 Å². The van der Waals surface area contributed by atoms with Gasteiger partial charge in [0.25, 0.3) is 0 Å². The quantitative estimate of drug-likeness (QED) is 0.863. The van der Waals surface area contributed by atoms with E-state index in [1.807, 2.05) is 13.8 Å². The van der Waals surface area contributed by atoms with E-state index in [1.165, 1.54) is 0 Å². The smallest absolute Gasteiger partial charge is 0.391 e. The van der Waals surface area contributed by atoms with E-state index >= 15 is 0 Å². The van der Waals surface area contributed by atoms with Crippen molar-refractivity contribution in [1.82, 2.24) is 4.98 Å². The Bertz CT molecular complexity index is 354. The van der Waals surface area contributed by atoms with Crippen LogP contribution in [-0.2, 0) is 6.18 Å². The summed E-state index contributed by atoms with van der Waals surface area (Å²) in [5.74, 6) is 0.101. The van der Waals surface area contributed by atoms with E-state index in [-0.39, 0.29) is 17.6 Å². The highest BCUT2D eigenvalue weighted by atomic mass is 32.1. The number of nitrogens with one attached hydrogen (secondary N) is 1. The molecule has 98 valence electrons. The number of aromatic nitrogens is 1. The molecule has 1 rings (SSSR count). The highest BCUT2D eigenvalue weighted by molar-refractivity contribution is 7.15. The molecule has 2 atom stereocenters. The van der Waals surface area contributed by atoms with Gasteiger partial charge in [-0.15, -0.1) is 0 Å². The van der Waals surface area contributed by atoms with Gasteiger partial charge in [-0.3, -0.25) is 0 Å². The molecule has 1 aromatic rings. The fourth-order valence-corrected chi connectivity index (χ4v) is 1.84. The summed E-state index contributed by atoms with van der Waals surface area (Å²) in [5.41, 5.74) is 0. The monoisotopic (exact) mass is 268 g/mol. The Balaban J connectivity index is 2.51. The minimum absolute atomic E-state index is 0.101. The molecule has 2 unspecified atom stereocenters. The normalized spacial score (nSPS) is 15.6. The maximum Gasteiger partial charge on any atom is 0.427 e. The summed E-state index contributed by atoms with van der Waals surface area (Å²) < 4.78 is 36.8. The van der Waals surface area contributed by atoms with Crippen molar-refractivity contribution in [3.8, 4) is 0 Å². The van der Waals surface area contributed by atoms with Crippen LogP contribution in [0.2, 0.25) is 0 Å². The summed E-state index contributed by atoms with van der Waals surface area (Å²) in [6.07, 6.45) is -3.33. The van der Waals surface area contributed by atoms with E-state index in [4.69, 9.17) is 0 Å². The molecule has 0 fully saturated rings. The van der Waals surface area contributed by atoms with E-state index < -0.39 is 17.2 Å². The molecule has 2 N–H and O–H groups in total. The Labute approximate surface area is 102 Å². The third-order valence-electron chi connectivity index (χ3n) is 2.55. The number of aliphatic hydroxyl groups is 1. The predicted molar refractivity (Wildman–Crippen MR) is 61.1 cm³/mol. The highest BCUT2D eigenvalue weighted by Gasteiger charge is 2.33. The van der Waals surface area contributed by atoms with Crippen LogP contribution >= 0.6 is 11.3 Å². The van der Waals surface area contributed by atoms with Crippen molar-refractivity contribution in [3.63, 3.8) is 0 Å². The molecule has 0 radical (unpaired) electrons. The molecule has 1 aromatic heterocycles.